The van der Waals surface area contributed by atoms with Crippen LogP contribution in [0.3, 0.4) is 0 Å². The van der Waals surface area contributed by atoms with E-state index in [1.807, 2.05) is 19.1 Å². The molecule has 1 saturated carbocycles. The summed E-state index contributed by atoms with van der Waals surface area (Å²) in [6.45, 7) is 6.11. The number of nitrogens with zero attached hydrogens (tertiary/aromatic N) is 4. The van der Waals surface area contributed by atoms with Crippen LogP contribution < -0.4 is 16.4 Å². The van der Waals surface area contributed by atoms with E-state index in [4.69, 9.17) is 15.1 Å². The van der Waals surface area contributed by atoms with Crippen molar-refractivity contribution in [1.82, 2.24) is 24.2 Å². The number of nitrogens with one attached hydrogen (secondary N) is 2. The Kier molecular flexibility index (Phi) is 5.99. The topological polar surface area (TPSA) is 105 Å². The van der Waals surface area contributed by atoms with Gasteiger partial charge in [0, 0.05) is 38.4 Å². The van der Waals surface area contributed by atoms with E-state index in [1.165, 1.54) is 4.40 Å². The van der Waals surface area contributed by atoms with Crippen molar-refractivity contribution in [3.63, 3.8) is 0 Å². The van der Waals surface area contributed by atoms with Gasteiger partial charge in [-0.25, -0.2) is 4.98 Å². The van der Waals surface area contributed by atoms with Crippen molar-refractivity contribution in [2.24, 2.45) is 0 Å². The minimum absolute atomic E-state index is 0.0922. The summed E-state index contributed by atoms with van der Waals surface area (Å²) in [5.74, 6) is -0.289. The van der Waals surface area contributed by atoms with Gasteiger partial charge in [-0.1, -0.05) is 18.9 Å². The molecule has 2 N–H and O–H groups in total. The fraction of sp³-hybridized carbons (Fsp3) is 0.500. The van der Waals surface area contributed by atoms with Gasteiger partial charge in [-0.15, -0.1) is 0 Å². The first-order valence-electron chi connectivity index (χ1n) is 11.7. The molecular weight excluding hydrogens is 420 g/mol. The molecule has 33 heavy (non-hydrogen) atoms. The maximum Gasteiger partial charge on any atom is 0.267 e. The molecule has 4 heterocycles. The van der Waals surface area contributed by atoms with Gasteiger partial charge in [0.2, 0.25) is 0 Å². The average Bonchev–Trinajstić information content (AvgIpc) is 3.32. The second-order valence-electron chi connectivity index (χ2n) is 9.06. The summed E-state index contributed by atoms with van der Waals surface area (Å²) in [5.41, 5.74) is 2.01. The van der Waals surface area contributed by atoms with Crippen molar-refractivity contribution in [2.45, 2.75) is 45.2 Å². The van der Waals surface area contributed by atoms with Crippen molar-refractivity contribution in [1.29, 1.82) is 5.41 Å². The Hall–Kier alpha value is -3.04. The largest absolute Gasteiger partial charge is 0.379 e. The summed E-state index contributed by atoms with van der Waals surface area (Å²) in [7, 11) is 0. The number of carbonyl (C=O) groups excluding carboxylic acids is 1. The van der Waals surface area contributed by atoms with E-state index in [9.17, 15) is 9.59 Å². The summed E-state index contributed by atoms with van der Waals surface area (Å²) < 4.78 is 8.68. The minimum Gasteiger partial charge on any atom is -0.379 e. The number of hydrogen-bond acceptors (Lipinski definition) is 6. The van der Waals surface area contributed by atoms with Crippen LogP contribution in [0.2, 0.25) is 0 Å². The second-order valence-corrected chi connectivity index (χ2v) is 9.06. The Morgan fingerprint density at radius 3 is 2.73 bits per heavy atom. The molecule has 2 aliphatic rings. The van der Waals surface area contributed by atoms with Crippen molar-refractivity contribution in [2.75, 3.05) is 32.8 Å². The first-order valence-corrected chi connectivity index (χ1v) is 11.7. The van der Waals surface area contributed by atoms with E-state index in [1.54, 1.807) is 16.8 Å². The highest BCUT2D eigenvalue weighted by Gasteiger charge is 2.22. The number of amides is 1. The SMILES string of the molecule is Cc1ccc2nc3c(cc(C(=O)NC4CCCC4)c(=N)n3CCN3CCOCC3)c(=O)n2c1. The summed E-state index contributed by atoms with van der Waals surface area (Å²) in [5, 5.41) is 12.3. The molecule has 3 aromatic rings. The number of hydrogen-bond donors (Lipinski definition) is 2. The Labute approximate surface area is 191 Å². The Balaban J connectivity index is 1.63. The lowest BCUT2D eigenvalue weighted by molar-refractivity contribution is 0.0363. The van der Waals surface area contributed by atoms with Crippen LogP contribution in [0.5, 0.6) is 0 Å². The number of carbonyl (C=O) groups is 1. The smallest absolute Gasteiger partial charge is 0.267 e. The number of ether oxygens (including phenoxy) is 1. The molecule has 0 atom stereocenters. The lowest BCUT2D eigenvalue weighted by atomic mass is 10.1. The molecular formula is C24H30N6O3. The molecule has 1 amide bonds. The lowest BCUT2D eigenvalue weighted by Crippen LogP contribution is -2.41. The van der Waals surface area contributed by atoms with Gasteiger partial charge >= 0.3 is 0 Å². The van der Waals surface area contributed by atoms with Crippen LogP contribution in [0.4, 0.5) is 0 Å². The predicted octanol–water partition coefficient (Wildman–Crippen LogP) is 1.44. The van der Waals surface area contributed by atoms with Crippen molar-refractivity contribution < 1.29 is 9.53 Å². The van der Waals surface area contributed by atoms with Crippen LogP contribution in [-0.2, 0) is 11.3 Å². The molecule has 174 valence electrons. The third-order valence-electron chi connectivity index (χ3n) is 6.73. The third-order valence-corrected chi connectivity index (χ3v) is 6.73. The normalized spacial score (nSPS) is 17.7. The van der Waals surface area contributed by atoms with Crippen LogP contribution in [0.25, 0.3) is 16.7 Å². The van der Waals surface area contributed by atoms with Gasteiger partial charge in [-0.3, -0.25) is 24.3 Å². The molecule has 9 heteroatoms. The molecule has 0 aromatic carbocycles. The number of rotatable bonds is 5. The van der Waals surface area contributed by atoms with Crippen LogP contribution in [0.15, 0.2) is 29.2 Å². The predicted molar refractivity (Wildman–Crippen MR) is 125 cm³/mol. The fourth-order valence-electron chi connectivity index (χ4n) is 4.83. The van der Waals surface area contributed by atoms with Gasteiger partial charge in [0.15, 0.2) is 0 Å². The highest BCUT2D eigenvalue weighted by atomic mass is 16.5. The molecule has 0 spiro atoms. The first-order chi connectivity index (χ1) is 16.0. The van der Waals surface area contributed by atoms with Crippen LogP contribution in [-0.4, -0.2) is 63.6 Å². The van der Waals surface area contributed by atoms with Gasteiger partial charge in [-0.2, -0.15) is 0 Å². The van der Waals surface area contributed by atoms with Crippen molar-refractivity contribution >= 4 is 22.6 Å². The number of pyridine rings is 2. The molecule has 1 saturated heterocycles. The highest BCUT2D eigenvalue weighted by molar-refractivity contribution is 5.97. The van der Waals surface area contributed by atoms with E-state index in [-0.39, 0.29) is 28.6 Å². The third kappa shape index (κ3) is 4.30. The van der Waals surface area contributed by atoms with E-state index < -0.39 is 0 Å². The number of aryl methyl sites for hydroxylation is 1. The summed E-state index contributed by atoms with van der Waals surface area (Å²) in [6.07, 6.45) is 5.88. The molecule has 3 aromatic heterocycles. The maximum atomic E-state index is 13.4. The van der Waals surface area contributed by atoms with Gasteiger partial charge in [0.1, 0.15) is 16.8 Å². The number of aromatic nitrogens is 3. The van der Waals surface area contributed by atoms with E-state index in [0.29, 0.717) is 43.0 Å². The Bertz CT molecular complexity index is 1320. The molecule has 2 fully saturated rings. The van der Waals surface area contributed by atoms with E-state index in [2.05, 4.69) is 10.2 Å². The quantitative estimate of drug-likeness (QED) is 0.573. The minimum atomic E-state index is -0.289. The Morgan fingerprint density at radius 2 is 1.97 bits per heavy atom. The summed E-state index contributed by atoms with van der Waals surface area (Å²) in [6, 6.07) is 5.41. The number of morpholine rings is 1. The zero-order valence-electron chi connectivity index (χ0n) is 19.0. The van der Waals surface area contributed by atoms with Gasteiger partial charge in [0.25, 0.3) is 11.5 Å². The summed E-state index contributed by atoms with van der Waals surface area (Å²) in [4.78, 5) is 33.6. The molecule has 1 aliphatic heterocycles. The van der Waals surface area contributed by atoms with E-state index in [0.717, 1.165) is 44.3 Å². The Morgan fingerprint density at radius 1 is 1.21 bits per heavy atom. The highest BCUT2D eigenvalue weighted by Crippen LogP contribution is 2.18. The molecule has 0 bridgehead atoms. The maximum absolute atomic E-state index is 13.4. The van der Waals surface area contributed by atoms with Crippen LogP contribution >= 0.6 is 0 Å². The molecule has 9 nitrogen and oxygen atoms in total. The molecule has 0 radical (unpaired) electrons. The zero-order chi connectivity index (χ0) is 22.9. The molecule has 0 unspecified atom stereocenters. The average molecular weight is 451 g/mol. The number of fused-ring (bicyclic) bond motifs is 2. The standard InChI is InChI=1S/C24H30N6O3/c1-16-6-7-20-27-22-19(24(32)30(20)15-16)14-18(23(31)26-17-4-2-3-5-17)21(25)29(22)9-8-28-10-12-33-13-11-28/h6-7,14-15,17,25H,2-5,8-13H2,1H3,(H,26,31). The van der Waals surface area contributed by atoms with Crippen molar-refractivity contribution in [3.8, 4) is 0 Å². The molecule has 1 aliphatic carbocycles. The monoisotopic (exact) mass is 450 g/mol. The van der Waals surface area contributed by atoms with Crippen molar-refractivity contribution in [3.05, 3.63) is 51.4 Å². The van der Waals surface area contributed by atoms with E-state index >= 15 is 0 Å². The van der Waals surface area contributed by atoms with Gasteiger partial charge in [-0.05, 0) is 37.5 Å². The lowest BCUT2D eigenvalue weighted by Gasteiger charge is -2.27. The summed E-state index contributed by atoms with van der Waals surface area (Å²) >= 11 is 0. The van der Waals surface area contributed by atoms with Crippen LogP contribution in [0.1, 0.15) is 41.6 Å². The fourth-order valence-corrected chi connectivity index (χ4v) is 4.83. The molecule has 5 rings (SSSR count). The van der Waals surface area contributed by atoms with Gasteiger partial charge < -0.3 is 14.6 Å². The van der Waals surface area contributed by atoms with Gasteiger partial charge in [0.05, 0.1) is 24.2 Å². The first kappa shape index (κ1) is 21.8. The van der Waals surface area contributed by atoms with Crippen LogP contribution in [0, 0.1) is 12.3 Å². The zero-order valence-corrected chi connectivity index (χ0v) is 19.0. The second kappa shape index (κ2) is 9.07.